The van der Waals surface area contributed by atoms with Crippen molar-refractivity contribution in [1.29, 1.82) is 0 Å². The normalized spacial score (nSPS) is 11.1. The number of benzene rings is 2. The minimum atomic E-state index is -0.503. The highest BCUT2D eigenvalue weighted by Crippen LogP contribution is 2.16. The van der Waals surface area contributed by atoms with Crippen LogP contribution in [0.4, 0.5) is 4.39 Å². The number of rotatable bonds is 2. The van der Waals surface area contributed by atoms with Gasteiger partial charge in [-0.1, -0.05) is 26.0 Å². The number of fused-ring (bicyclic) bond motifs is 1. The molecule has 0 saturated carbocycles. The zero-order valence-corrected chi connectivity index (χ0v) is 12.8. The summed E-state index contributed by atoms with van der Waals surface area (Å²) in [5, 5.41) is 0.382. The zero-order chi connectivity index (χ0) is 16.6. The summed E-state index contributed by atoms with van der Waals surface area (Å²) in [6, 6.07) is 12.0. The Morgan fingerprint density at radius 1 is 1.09 bits per heavy atom. The first-order valence-corrected chi connectivity index (χ1v) is 7.31. The quantitative estimate of drug-likeness (QED) is 0.729. The van der Waals surface area contributed by atoms with Crippen LogP contribution < -0.4 is 5.56 Å². The van der Waals surface area contributed by atoms with Crippen LogP contribution in [0, 0.1) is 5.82 Å². The van der Waals surface area contributed by atoms with Crippen molar-refractivity contribution >= 4 is 16.8 Å². The molecule has 0 aliphatic carbocycles. The molecule has 0 N–H and O–H groups in total. The van der Waals surface area contributed by atoms with E-state index in [9.17, 15) is 14.0 Å². The Morgan fingerprint density at radius 3 is 2.39 bits per heavy atom. The fourth-order valence-electron chi connectivity index (χ4n) is 2.46. The molecule has 1 aromatic heterocycles. The topological polar surface area (TPSA) is 52.0 Å². The molecule has 3 aromatic rings. The zero-order valence-electron chi connectivity index (χ0n) is 12.8. The smallest absolute Gasteiger partial charge is 0.268 e. The molecule has 1 heterocycles. The van der Waals surface area contributed by atoms with Crippen LogP contribution in [-0.4, -0.2) is 15.5 Å². The molecule has 4 nitrogen and oxygen atoms in total. The van der Waals surface area contributed by atoms with Gasteiger partial charge in [0.2, 0.25) is 0 Å². The minimum Gasteiger partial charge on any atom is -0.268 e. The Hall–Kier alpha value is -2.82. The fraction of sp³-hybridized carbons (Fsp3) is 0.167. The second-order valence-corrected chi connectivity index (χ2v) is 5.59. The van der Waals surface area contributed by atoms with Gasteiger partial charge in [-0.3, -0.25) is 9.59 Å². The predicted octanol–water partition coefficient (Wildman–Crippen LogP) is 3.35. The van der Waals surface area contributed by atoms with E-state index in [1.54, 1.807) is 24.3 Å². The number of hydrogen-bond donors (Lipinski definition) is 0. The molecule has 0 unspecified atom stereocenters. The van der Waals surface area contributed by atoms with Crippen molar-refractivity contribution in [3.63, 3.8) is 0 Å². The number of halogens is 1. The van der Waals surface area contributed by atoms with Crippen LogP contribution in [0.25, 0.3) is 10.9 Å². The third-order valence-electron chi connectivity index (χ3n) is 3.61. The van der Waals surface area contributed by atoms with Crippen LogP contribution in [0.1, 0.15) is 35.9 Å². The average molecular weight is 310 g/mol. The fourth-order valence-corrected chi connectivity index (χ4v) is 2.46. The summed E-state index contributed by atoms with van der Waals surface area (Å²) in [7, 11) is 0. The van der Waals surface area contributed by atoms with Gasteiger partial charge in [-0.2, -0.15) is 0 Å². The van der Waals surface area contributed by atoms with E-state index in [0.717, 1.165) is 4.57 Å². The van der Waals surface area contributed by atoms with Crippen molar-refractivity contribution in [3.05, 3.63) is 76.1 Å². The summed E-state index contributed by atoms with van der Waals surface area (Å²) >= 11 is 0. The van der Waals surface area contributed by atoms with Crippen molar-refractivity contribution < 1.29 is 9.18 Å². The second kappa shape index (κ2) is 5.76. The standard InChI is InChI=1S/C18H15FN2O2/c1-11(2)16-20-15-6-4-3-5-14(15)18(23)21(16)17(22)12-7-9-13(19)10-8-12/h3-11H,1-2H3. The maximum Gasteiger partial charge on any atom is 0.268 e. The first kappa shape index (κ1) is 15.1. The molecule has 116 valence electrons. The Labute approximate surface area is 132 Å². The number of aromatic nitrogens is 2. The largest absolute Gasteiger partial charge is 0.268 e. The van der Waals surface area contributed by atoms with E-state index in [4.69, 9.17) is 0 Å². The minimum absolute atomic E-state index is 0.114. The molecular formula is C18H15FN2O2. The van der Waals surface area contributed by atoms with Gasteiger partial charge < -0.3 is 0 Å². The summed E-state index contributed by atoms with van der Waals surface area (Å²) in [6.45, 7) is 3.73. The van der Waals surface area contributed by atoms with E-state index in [-0.39, 0.29) is 11.5 Å². The lowest BCUT2D eigenvalue weighted by Crippen LogP contribution is -2.32. The molecule has 0 saturated heterocycles. The van der Waals surface area contributed by atoms with Crippen LogP contribution in [0.3, 0.4) is 0 Å². The van der Waals surface area contributed by atoms with Gasteiger partial charge in [-0.15, -0.1) is 0 Å². The van der Waals surface area contributed by atoms with E-state index in [2.05, 4.69) is 4.98 Å². The van der Waals surface area contributed by atoms with Gasteiger partial charge in [-0.05, 0) is 36.4 Å². The summed E-state index contributed by atoms with van der Waals surface area (Å²) in [5.41, 5.74) is 0.394. The highest BCUT2D eigenvalue weighted by atomic mass is 19.1. The van der Waals surface area contributed by atoms with Gasteiger partial charge in [0.25, 0.3) is 11.5 Å². The van der Waals surface area contributed by atoms with Gasteiger partial charge >= 0.3 is 0 Å². The van der Waals surface area contributed by atoms with Gasteiger partial charge in [0.1, 0.15) is 11.6 Å². The van der Waals surface area contributed by atoms with Crippen molar-refractivity contribution in [2.75, 3.05) is 0 Å². The maximum absolute atomic E-state index is 13.1. The van der Waals surface area contributed by atoms with Crippen LogP contribution in [0.2, 0.25) is 0 Å². The third-order valence-corrected chi connectivity index (χ3v) is 3.61. The maximum atomic E-state index is 13.1. The third kappa shape index (κ3) is 2.65. The lowest BCUT2D eigenvalue weighted by Gasteiger charge is -2.14. The van der Waals surface area contributed by atoms with E-state index >= 15 is 0 Å². The second-order valence-electron chi connectivity index (χ2n) is 5.59. The van der Waals surface area contributed by atoms with Crippen molar-refractivity contribution in [2.24, 2.45) is 0 Å². The first-order valence-electron chi connectivity index (χ1n) is 7.31. The highest BCUT2D eigenvalue weighted by Gasteiger charge is 2.20. The molecule has 0 fully saturated rings. The number of para-hydroxylation sites is 1. The number of carbonyl (C=O) groups is 1. The number of carbonyl (C=O) groups excluding carboxylic acids is 1. The van der Waals surface area contributed by atoms with Gasteiger partial charge in [0.05, 0.1) is 10.9 Å². The van der Waals surface area contributed by atoms with Gasteiger partial charge in [0, 0.05) is 11.5 Å². The molecule has 2 aromatic carbocycles. The molecular weight excluding hydrogens is 295 g/mol. The SMILES string of the molecule is CC(C)c1nc2ccccc2c(=O)n1C(=O)c1ccc(F)cc1. The lowest BCUT2D eigenvalue weighted by atomic mass is 10.1. The summed E-state index contributed by atoms with van der Waals surface area (Å²) in [5.74, 6) is -0.661. The van der Waals surface area contributed by atoms with E-state index < -0.39 is 17.3 Å². The molecule has 5 heteroatoms. The lowest BCUT2D eigenvalue weighted by molar-refractivity contribution is 0.0950. The predicted molar refractivity (Wildman–Crippen MR) is 86.2 cm³/mol. The summed E-state index contributed by atoms with van der Waals surface area (Å²) in [6.07, 6.45) is 0. The van der Waals surface area contributed by atoms with E-state index in [0.29, 0.717) is 16.7 Å². The van der Waals surface area contributed by atoms with Gasteiger partial charge in [-0.25, -0.2) is 13.9 Å². The average Bonchev–Trinajstić information content (AvgIpc) is 2.55. The summed E-state index contributed by atoms with van der Waals surface area (Å²) < 4.78 is 14.1. The molecule has 0 aliphatic rings. The number of hydrogen-bond acceptors (Lipinski definition) is 3. The number of nitrogens with zero attached hydrogens (tertiary/aromatic N) is 2. The molecule has 0 spiro atoms. The Morgan fingerprint density at radius 2 is 1.74 bits per heavy atom. The monoisotopic (exact) mass is 310 g/mol. The molecule has 3 rings (SSSR count). The molecule has 0 bridgehead atoms. The van der Waals surface area contributed by atoms with E-state index in [1.165, 1.54) is 24.3 Å². The van der Waals surface area contributed by atoms with Crippen LogP contribution in [0.15, 0.2) is 53.3 Å². The van der Waals surface area contributed by atoms with Crippen LogP contribution >= 0.6 is 0 Å². The van der Waals surface area contributed by atoms with Crippen molar-refractivity contribution in [3.8, 4) is 0 Å². The highest BCUT2D eigenvalue weighted by molar-refractivity contribution is 5.97. The molecule has 23 heavy (non-hydrogen) atoms. The van der Waals surface area contributed by atoms with Crippen molar-refractivity contribution in [2.45, 2.75) is 19.8 Å². The van der Waals surface area contributed by atoms with Crippen molar-refractivity contribution in [1.82, 2.24) is 9.55 Å². The van der Waals surface area contributed by atoms with Gasteiger partial charge in [0.15, 0.2) is 0 Å². The molecule has 0 aliphatic heterocycles. The van der Waals surface area contributed by atoms with Crippen LogP contribution in [0.5, 0.6) is 0 Å². The Bertz CT molecular complexity index is 943. The van der Waals surface area contributed by atoms with E-state index in [1.807, 2.05) is 13.8 Å². The van der Waals surface area contributed by atoms with Crippen LogP contribution in [-0.2, 0) is 0 Å². The molecule has 0 atom stereocenters. The Kier molecular flexibility index (Phi) is 3.78. The molecule has 0 radical (unpaired) electrons. The summed E-state index contributed by atoms with van der Waals surface area (Å²) in [4.78, 5) is 30.0. The first-order chi connectivity index (χ1) is 11.0. The Balaban J connectivity index is 2.28. The molecule has 0 amide bonds.